The van der Waals surface area contributed by atoms with Gasteiger partial charge in [-0.3, -0.25) is 4.79 Å². The lowest BCUT2D eigenvalue weighted by molar-refractivity contribution is -0.117. The van der Waals surface area contributed by atoms with Gasteiger partial charge in [-0.1, -0.05) is 42.1 Å². The lowest BCUT2D eigenvalue weighted by Crippen LogP contribution is -2.40. The van der Waals surface area contributed by atoms with Gasteiger partial charge in [-0.15, -0.1) is 10.2 Å². The van der Waals surface area contributed by atoms with E-state index in [4.69, 9.17) is 0 Å². The molecule has 3 aromatic rings. The molecule has 0 saturated carbocycles. The average Bonchev–Trinajstić information content (AvgIpc) is 3.07. The number of thioether (sulfide) groups is 1. The van der Waals surface area contributed by atoms with Crippen molar-refractivity contribution in [2.75, 3.05) is 11.4 Å². The van der Waals surface area contributed by atoms with Crippen LogP contribution in [-0.2, 0) is 18.3 Å². The Hall–Kier alpha value is -2.67. The first kappa shape index (κ1) is 18.7. The largest absolute Gasteiger partial charge is 0.311 e. The second kappa shape index (κ2) is 7.75. The summed E-state index contributed by atoms with van der Waals surface area (Å²) in [6.45, 7) is 2.60. The highest BCUT2D eigenvalue weighted by atomic mass is 32.2. The van der Waals surface area contributed by atoms with Gasteiger partial charge in [-0.05, 0) is 43.5 Å². The standard InChI is InChI=1S/C21H21FN4OS/c1-14(20(27)26-13-7-9-15-8-3-6-12-18(15)26)28-21-24-23-19(25(21)2)16-10-4-5-11-17(16)22/h3-6,8,10-12,14H,7,9,13H2,1-2H3/t14-/m0/s1. The van der Waals surface area contributed by atoms with Crippen LogP contribution in [0.3, 0.4) is 0 Å². The Labute approximate surface area is 167 Å². The molecule has 1 atom stereocenters. The number of carbonyl (C=O) groups excluding carboxylic acids is 1. The van der Waals surface area contributed by atoms with Crippen LogP contribution >= 0.6 is 11.8 Å². The van der Waals surface area contributed by atoms with Crippen molar-refractivity contribution >= 4 is 23.4 Å². The summed E-state index contributed by atoms with van der Waals surface area (Å²) in [5.41, 5.74) is 2.60. The van der Waals surface area contributed by atoms with Crippen LogP contribution in [0.5, 0.6) is 0 Å². The van der Waals surface area contributed by atoms with E-state index in [1.807, 2.05) is 30.0 Å². The predicted molar refractivity (Wildman–Crippen MR) is 109 cm³/mol. The van der Waals surface area contributed by atoms with E-state index in [-0.39, 0.29) is 17.0 Å². The predicted octanol–water partition coefficient (Wildman–Crippen LogP) is 4.08. The summed E-state index contributed by atoms with van der Waals surface area (Å²) >= 11 is 1.34. The quantitative estimate of drug-likeness (QED) is 0.624. The normalized spacial score (nSPS) is 14.6. The molecule has 28 heavy (non-hydrogen) atoms. The highest BCUT2D eigenvalue weighted by Crippen LogP contribution is 2.31. The molecule has 0 aliphatic carbocycles. The number of hydrogen-bond acceptors (Lipinski definition) is 4. The second-order valence-electron chi connectivity index (χ2n) is 6.83. The summed E-state index contributed by atoms with van der Waals surface area (Å²) in [6.07, 6.45) is 1.96. The maximum atomic E-state index is 14.1. The van der Waals surface area contributed by atoms with E-state index >= 15 is 0 Å². The van der Waals surface area contributed by atoms with E-state index in [9.17, 15) is 9.18 Å². The molecule has 2 aromatic carbocycles. The fraction of sp³-hybridized carbons (Fsp3) is 0.286. The van der Waals surface area contributed by atoms with Gasteiger partial charge in [-0.2, -0.15) is 0 Å². The van der Waals surface area contributed by atoms with Gasteiger partial charge in [0, 0.05) is 19.3 Å². The van der Waals surface area contributed by atoms with Gasteiger partial charge in [0.05, 0.1) is 10.8 Å². The van der Waals surface area contributed by atoms with Gasteiger partial charge in [0.15, 0.2) is 11.0 Å². The first-order valence-corrected chi connectivity index (χ1v) is 10.1. The maximum absolute atomic E-state index is 14.1. The third kappa shape index (κ3) is 3.42. The minimum absolute atomic E-state index is 0.0487. The van der Waals surface area contributed by atoms with Gasteiger partial charge in [0.1, 0.15) is 5.82 Å². The van der Waals surface area contributed by atoms with Gasteiger partial charge in [-0.25, -0.2) is 4.39 Å². The highest BCUT2D eigenvalue weighted by Gasteiger charge is 2.28. The molecule has 144 valence electrons. The zero-order valence-electron chi connectivity index (χ0n) is 15.8. The molecule has 0 saturated heterocycles. The molecule has 1 aliphatic rings. The summed E-state index contributed by atoms with van der Waals surface area (Å²) in [6, 6.07) is 14.5. The molecule has 4 rings (SSSR count). The van der Waals surface area contributed by atoms with Crippen molar-refractivity contribution in [3.63, 3.8) is 0 Å². The van der Waals surface area contributed by atoms with E-state index < -0.39 is 0 Å². The summed E-state index contributed by atoms with van der Waals surface area (Å²) < 4.78 is 15.8. The minimum Gasteiger partial charge on any atom is -0.311 e. The van der Waals surface area contributed by atoms with Crippen LogP contribution in [0, 0.1) is 5.82 Å². The van der Waals surface area contributed by atoms with Crippen LogP contribution in [-0.4, -0.2) is 32.5 Å². The van der Waals surface area contributed by atoms with Gasteiger partial charge >= 0.3 is 0 Å². The summed E-state index contributed by atoms with van der Waals surface area (Å²) in [5.74, 6) is 0.153. The Morgan fingerprint density at radius 1 is 1.14 bits per heavy atom. The number of amides is 1. The van der Waals surface area contributed by atoms with Gasteiger partial charge in [0.25, 0.3) is 0 Å². The van der Waals surface area contributed by atoms with Crippen LogP contribution in [0.15, 0.2) is 53.7 Å². The number of anilines is 1. The molecule has 1 aliphatic heterocycles. The summed E-state index contributed by atoms with van der Waals surface area (Å²) in [7, 11) is 1.79. The van der Waals surface area contributed by atoms with Crippen LogP contribution in [0.1, 0.15) is 18.9 Å². The lowest BCUT2D eigenvalue weighted by Gasteiger charge is -2.31. The van der Waals surface area contributed by atoms with Gasteiger partial charge < -0.3 is 9.47 Å². The van der Waals surface area contributed by atoms with Crippen LogP contribution < -0.4 is 4.90 Å². The van der Waals surface area contributed by atoms with Gasteiger partial charge in [0.2, 0.25) is 5.91 Å². The Morgan fingerprint density at radius 2 is 1.89 bits per heavy atom. The molecule has 2 heterocycles. The zero-order chi connectivity index (χ0) is 19.7. The lowest BCUT2D eigenvalue weighted by atomic mass is 10.0. The molecule has 7 heteroatoms. The second-order valence-corrected chi connectivity index (χ2v) is 8.14. The number of rotatable bonds is 4. The number of halogens is 1. The fourth-order valence-corrected chi connectivity index (χ4v) is 4.36. The number of nitrogens with zero attached hydrogens (tertiary/aromatic N) is 4. The molecule has 0 unspecified atom stereocenters. The average molecular weight is 396 g/mol. The van der Waals surface area contributed by atoms with Crippen molar-refractivity contribution in [3.8, 4) is 11.4 Å². The van der Waals surface area contributed by atoms with Crippen molar-refractivity contribution in [2.45, 2.75) is 30.2 Å². The molecule has 0 bridgehead atoms. The molecular formula is C21H21FN4OS. The van der Waals surface area contributed by atoms with E-state index in [0.29, 0.717) is 16.5 Å². The van der Waals surface area contributed by atoms with Crippen LogP contribution in [0.4, 0.5) is 10.1 Å². The Bertz CT molecular complexity index is 1020. The van der Waals surface area contributed by atoms with Crippen molar-refractivity contribution in [3.05, 3.63) is 59.9 Å². The molecule has 1 aromatic heterocycles. The van der Waals surface area contributed by atoms with E-state index in [2.05, 4.69) is 16.3 Å². The number of benzene rings is 2. The monoisotopic (exact) mass is 396 g/mol. The Kier molecular flexibility index (Phi) is 5.17. The molecule has 1 amide bonds. The number of aryl methyl sites for hydroxylation is 1. The molecule has 0 fully saturated rings. The fourth-order valence-electron chi connectivity index (χ4n) is 3.49. The minimum atomic E-state index is -0.344. The topological polar surface area (TPSA) is 51.0 Å². The van der Waals surface area contributed by atoms with Crippen molar-refractivity contribution in [1.29, 1.82) is 0 Å². The van der Waals surface area contributed by atoms with E-state index in [1.165, 1.54) is 23.4 Å². The SMILES string of the molecule is C[C@H](Sc1nnc(-c2ccccc2F)n1C)C(=O)N1CCCc2ccccc21. The van der Waals surface area contributed by atoms with Crippen LogP contribution in [0.25, 0.3) is 11.4 Å². The third-order valence-corrected chi connectivity index (χ3v) is 6.08. The van der Waals surface area contributed by atoms with Crippen molar-refractivity contribution in [1.82, 2.24) is 14.8 Å². The number of hydrogen-bond donors (Lipinski definition) is 0. The zero-order valence-corrected chi connectivity index (χ0v) is 16.6. The van der Waals surface area contributed by atoms with E-state index in [1.54, 1.807) is 29.8 Å². The summed E-state index contributed by atoms with van der Waals surface area (Å²) in [4.78, 5) is 15.0. The number of aromatic nitrogens is 3. The number of para-hydroxylation sites is 1. The van der Waals surface area contributed by atoms with E-state index in [0.717, 1.165) is 25.1 Å². The number of fused-ring (bicyclic) bond motifs is 1. The van der Waals surface area contributed by atoms with Crippen molar-refractivity contribution in [2.24, 2.45) is 7.05 Å². The first-order chi connectivity index (χ1) is 13.6. The molecule has 0 N–H and O–H groups in total. The first-order valence-electron chi connectivity index (χ1n) is 9.26. The Morgan fingerprint density at radius 3 is 2.71 bits per heavy atom. The third-order valence-electron chi connectivity index (χ3n) is 4.96. The maximum Gasteiger partial charge on any atom is 0.240 e. The molecule has 0 radical (unpaired) electrons. The molecular weight excluding hydrogens is 375 g/mol. The van der Waals surface area contributed by atoms with Crippen LogP contribution in [0.2, 0.25) is 0 Å². The molecule has 5 nitrogen and oxygen atoms in total. The number of carbonyl (C=O) groups is 1. The Balaban J connectivity index is 1.54. The van der Waals surface area contributed by atoms with Crippen molar-refractivity contribution < 1.29 is 9.18 Å². The highest BCUT2D eigenvalue weighted by molar-refractivity contribution is 8.00. The summed E-state index contributed by atoms with van der Waals surface area (Å²) in [5, 5.41) is 8.57. The smallest absolute Gasteiger partial charge is 0.240 e. The molecule has 0 spiro atoms.